The molecule has 1 amide bonds. The molecule has 1 aromatic carbocycles. The van der Waals surface area contributed by atoms with Crippen molar-refractivity contribution in [2.45, 2.75) is 52.7 Å². The molecule has 0 spiro atoms. The fraction of sp³-hybridized carbons (Fsp3) is 0.360. The van der Waals surface area contributed by atoms with Crippen LogP contribution in [0, 0.1) is 6.92 Å². The van der Waals surface area contributed by atoms with E-state index in [1.165, 1.54) is 0 Å². The number of hydrogen-bond donors (Lipinski definition) is 2. The fourth-order valence-corrected chi connectivity index (χ4v) is 4.25. The number of aryl methyl sites for hydroxylation is 2. The molecule has 0 aliphatic carbocycles. The number of aromatic nitrogens is 2. The van der Waals surface area contributed by atoms with Crippen molar-refractivity contribution in [3.63, 3.8) is 0 Å². The van der Waals surface area contributed by atoms with E-state index < -0.39 is 12.1 Å². The quantitative estimate of drug-likeness (QED) is 0.358. The number of carboxylic acids is 1. The molecular weight excluding hydrogens is 490 g/mol. The normalized spacial score (nSPS) is 10.5. The average Bonchev–Trinajstić information content (AvgIpc) is 3.17. The maximum atomic E-state index is 11.9. The number of hydrogen-bond acceptors (Lipinski definition) is 7. The third kappa shape index (κ3) is 8.84. The molecule has 0 aliphatic heterocycles. The number of amides is 1. The van der Waals surface area contributed by atoms with Crippen LogP contribution < -0.4 is 10.1 Å². The number of alkyl carbamates (subject to hydrolysis) is 1. The molecule has 0 fully saturated rings. The van der Waals surface area contributed by atoms with Gasteiger partial charge in [0.25, 0.3) is 0 Å². The number of nitrogens with zero attached hydrogens (tertiary/aromatic N) is 2. The minimum absolute atomic E-state index is 0. The van der Waals surface area contributed by atoms with Gasteiger partial charge < -0.3 is 19.9 Å². The van der Waals surface area contributed by atoms with Crippen LogP contribution in [0.1, 0.15) is 42.0 Å². The van der Waals surface area contributed by atoms with Crippen LogP contribution in [0.5, 0.6) is 5.75 Å². The minimum Gasteiger partial charge on any atom is -0.493 e. The van der Waals surface area contributed by atoms with E-state index in [9.17, 15) is 9.59 Å². The molecule has 2 aromatic heterocycles. The Morgan fingerprint density at radius 2 is 1.97 bits per heavy atom. The summed E-state index contributed by atoms with van der Waals surface area (Å²) in [6, 6.07) is 9.38. The van der Waals surface area contributed by atoms with Gasteiger partial charge in [0.2, 0.25) is 0 Å². The van der Waals surface area contributed by atoms with Gasteiger partial charge in [-0.25, -0.2) is 9.78 Å². The van der Waals surface area contributed by atoms with Crippen molar-refractivity contribution in [2.24, 2.45) is 0 Å². The van der Waals surface area contributed by atoms with E-state index in [0.717, 1.165) is 32.3 Å². The first-order chi connectivity index (χ1) is 16.3. The lowest BCUT2D eigenvalue weighted by Gasteiger charge is -2.14. The standard InChI is InChI=1S/C25H29N3O5S.ClH/c1-16(2)33-25(31)27-15-20-13-21(8-6-18(20)7-9-23(29)30)32-12-10-22-17(3)34-24(28-22)19-5-4-11-26-14-19;/h4-6,8,11,13-14,16H,7,9-10,12,15H2,1-3H3,(H,27,31)(H,29,30);1H. The number of halogens is 1. The predicted molar refractivity (Wildman–Crippen MR) is 137 cm³/mol. The molecule has 0 unspecified atom stereocenters. The third-order valence-corrected chi connectivity index (χ3v) is 6.02. The number of benzene rings is 1. The van der Waals surface area contributed by atoms with Gasteiger partial charge in [0.05, 0.1) is 18.4 Å². The van der Waals surface area contributed by atoms with E-state index >= 15 is 0 Å². The summed E-state index contributed by atoms with van der Waals surface area (Å²) in [6.07, 6.45) is 3.81. The second-order valence-corrected chi connectivity index (χ2v) is 9.20. The summed E-state index contributed by atoms with van der Waals surface area (Å²) >= 11 is 1.63. The second kappa shape index (κ2) is 13.7. The van der Waals surface area contributed by atoms with Crippen molar-refractivity contribution in [1.29, 1.82) is 0 Å². The van der Waals surface area contributed by atoms with Crippen molar-refractivity contribution in [3.05, 3.63) is 64.4 Å². The van der Waals surface area contributed by atoms with E-state index in [1.54, 1.807) is 37.6 Å². The van der Waals surface area contributed by atoms with Gasteiger partial charge in [0, 0.05) is 42.2 Å². The van der Waals surface area contributed by atoms with E-state index in [1.807, 2.05) is 37.3 Å². The van der Waals surface area contributed by atoms with Crippen molar-refractivity contribution < 1.29 is 24.2 Å². The lowest BCUT2D eigenvalue weighted by atomic mass is 10.0. The minimum atomic E-state index is -0.872. The first kappa shape index (κ1) is 28.1. The number of aliphatic carboxylic acids is 1. The predicted octanol–water partition coefficient (Wildman–Crippen LogP) is 5.21. The zero-order valence-electron chi connectivity index (χ0n) is 19.9. The zero-order chi connectivity index (χ0) is 24.5. The topological polar surface area (TPSA) is 111 Å². The van der Waals surface area contributed by atoms with Crippen LogP contribution in [0.2, 0.25) is 0 Å². The summed E-state index contributed by atoms with van der Waals surface area (Å²) in [5.74, 6) is -0.226. The molecule has 0 radical (unpaired) electrons. The van der Waals surface area contributed by atoms with Crippen molar-refractivity contribution in [1.82, 2.24) is 15.3 Å². The number of ether oxygens (including phenoxy) is 2. The second-order valence-electron chi connectivity index (χ2n) is 7.99. The molecule has 10 heteroatoms. The fourth-order valence-electron chi connectivity index (χ4n) is 3.30. The average molecular weight is 520 g/mol. The van der Waals surface area contributed by atoms with Crippen LogP contribution in [0.4, 0.5) is 4.79 Å². The Labute approximate surface area is 215 Å². The highest BCUT2D eigenvalue weighted by Gasteiger charge is 2.12. The van der Waals surface area contributed by atoms with Crippen molar-refractivity contribution >= 4 is 35.8 Å². The van der Waals surface area contributed by atoms with Gasteiger partial charge in [-0.1, -0.05) is 6.07 Å². The molecule has 0 aliphatic rings. The van der Waals surface area contributed by atoms with Crippen LogP contribution in [-0.4, -0.2) is 39.8 Å². The number of carbonyl (C=O) groups excluding carboxylic acids is 1. The summed E-state index contributed by atoms with van der Waals surface area (Å²) in [5.41, 5.74) is 3.62. The summed E-state index contributed by atoms with van der Waals surface area (Å²) < 4.78 is 11.1. The largest absolute Gasteiger partial charge is 0.493 e. The van der Waals surface area contributed by atoms with Crippen LogP contribution in [0.3, 0.4) is 0 Å². The van der Waals surface area contributed by atoms with Crippen LogP contribution in [0.25, 0.3) is 10.6 Å². The van der Waals surface area contributed by atoms with Gasteiger partial charge in [-0.15, -0.1) is 23.7 Å². The molecule has 2 heterocycles. The number of carboxylic acid groups (broad SMARTS) is 1. The molecule has 2 N–H and O–H groups in total. The molecule has 3 rings (SSSR count). The number of rotatable bonds is 11. The first-order valence-corrected chi connectivity index (χ1v) is 11.9. The molecule has 0 atom stereocenters. The third-order valence-electron chi connectivity index (χ3n) is 4.96. The van der Waals surface area contributed by atoms with Gasteiger partial charge in [-0.3, -0.25) is 9.78 Å². The van der Waals surface area contributed by atoms with E-state index in [0.29, 0.717) is 25.2 Å². The molecule has 0 saturated heterocycles. The SMILES string of the molecule is Cc1sc(-c2cccnc2)nc1CCOc1ccc(CCC(=O)O)c(CNC(=O)OC(C)C)c1.Cl. The number of thiazole rings is 1. The lowest BCUT2D eigenvalue weighted by molar-refractivity contribution is -0.136. The van der Waals surface area contributed by atoms with Gasteiger partial charge >= 0.3 is 12.1 Å². The smallest absolute Gasteiger partial charge is 0.407 e. The van der Waals surface area contributed by atoms with Crippen molar-refractivity contribution in [3.8, 4) is 16.3 Å². The molecule has 8 nitrogen and oxygen atoms in total. The highest BCUT2D eigenvalue weighted by Crippen LogP contribution is 2.27. The van der Waals surface area contributed by atoms with E-state index in [4.69, 9.17) is 19.6 Å². The molecule has 0 bridgehead atoms. The molecular formula is C25H30ClN3O5S. The lowest BCUT2D eigenvalue weighted by Crippen LogP contribution is -2.26. The van der Waals surface area contributed by atoms with Gasteiger partial charge in [0.15, 0.2) is 0 Å². The Morgan fingerprint density at radius 1 is 1.17 bits per heavy atom. The number of nitrogens with one attached hydrogen (secondary N) is 1. The van der Waals surface area contributed by atoms with E-state index in [2.05, 4.69) is 10.3 Å². The molecule has 0 saturated carbocycles. The maximum absolute atomic E-state index is 11.9. The van der Waals surface area contributed by atoms with Crippen LogP contribution in [-0.2, 0) is 28.9 Å². The van der Waals surface area contributed by atoms with Gasteiger partial charge in [-0.2, -0.15) is 0 Å². The summed E-state index contributed by atoms with van der Waals surface area (Å²) in [4.78, 5) is 32.9. The molecule has 3 aromatic rings. The molecule has 188 valence electrons. The summed E-state index contributed by atoms with van der Waals surface area (Å²) in [7, 11) is 0. The van der Waals surface area contributed by atoms with Crippen LogP contribution in [0.15, 0.2) is 42.7 Å². The Morgan fingerprint density at radius 3 is 2.66 bits per heavy atom. The number of carbonyl (C=O) groups is 2. The van der Waals surface area contributed by atoms with Gasteiger partial charge in [-0.05, 0) is 62.6 Å². The van der Waals surface area contributed by atoms with Crippen molar-refractivity contribution in [2.75, 3.05) is 6.61 Å². The number of pyridine rings is 1. The van der Waals surface area contributed by atoms with Crippen LogP contribution >= 0.6 is 23.7 Å². The monoisotopic (exact) mass is 519 g/mol. The first-order valence-electron chi connectivity index (χ1n) is 11.1. The highest BCUT2D eigenvalue weighted by molar-refractivity contribution is 7.15. The maximum Gasteiger partial charge on any atom is 0.407 e. The highest BCUT2D eigenvalue weighted by atomic mass is 35.5. The van der Waals surface area contributed by atoms with E-state index in [-0.39, 0.29) is 31.5 Å². The Balaban J connectivity index is 0.00000432. The summed E-state index contributed by atoms with van der Waals surface area (Å²) in [5, 5.41) is 12.7. The zero-order valence-corrected chi connectivity index (χ0v) is 21.6. The Hall–Kier alpha value is -3.17. The summed E-state index contributed by atoms with van der Waals surface area (Å²) in [6.45, 7) is 6.25. The Kier molecular flexibility index (Phi) is 10.9. The van der Waals surface area contributed by atoms with Gasteiger partial charge in [0.1, 0.15) is 10.8 Å². The molecule has 35 heavy (non-hydrogen) atoms. The Bertz CT molecular complexity index is 1120.